The van der Waals surface area contributed by atoms with Crippen molar-refractivity contribution in [2.24, 2.45) is 0 Å². The highest BCUT2D eigenvalue weighted by Gasteiger charge is 2.28. The number of ether oxygens (including phenoxy) is 1. The van der Waals surface area contributed by atoms with Gasteiger partial charge in [-0.3, -0.25) is 4.90 Å². The molecule has 0 aromatic heterocycles. The summed E-state index contributed by atoms with van der Waals surface area (Å²) in [5, 5.41) is 5.57. The van der Waals surface area contributed by atoms with Crippen LogP contribution in [0.15, 0.2) is 12.7 Å². The van der Waals surface area contributed by atoms with Crippen molar-refractivity contribution in [1.29, 1.82) is 0 Å². The Balaban J connectivity index is 2.32. The van der Waals surface area contributed by atoms with E-state index < -0.39 is 0 Å². The van der Waals surface area contributed by atoms with Gasteiger partial charge in [0, 0.05) is 31.7 Å². The van der Waals surface area contributed by atoms with E-state index in [0.717, 1.165) is 26.3 Å². The maximum atomic E-state index is 11.4. The Hall–Kier alpha value is -1.07. The first-order chi connectivity index (χ1) is 8.06. The molecule has 0 spiro atoms. The van der Waals surface area contributed by atoms with Crippen LogP contribution in [0.3, 0.4) is 0 Å². The minimum absolute atomic E-state index is 0.0463. The van der Waals surface area contributed by atoms with Gasteiger partial charge in [-0.05, 0) is 13.8 Å². The number of hydrogen-bond donors (Lipinski definition) is 2. The Bertz CT molecular complexity index is 260. The van der Waals surface area contributed by atoms with Crippen molar-refractivity contribution in [2.75, 3.05) is 39.4 Å². The number of urea groups is 1. The Morgan fingerprint density at radius 3 is 2.65 bits per heavy atom. The van der Waals surface area contributed by atoms with Crippen molar-refractivity contribution >= 4 is 6.03 Å². The van der Waals surface area contributed by atoms with E-state index in [9.17, 15) is 4.79 Å². The number of amides is 2. The highest BCUT2D eigenvalue weighted by atomic mass is 16.5. The van der Waals surface area contributed by atoms with Gasteiger partial charge in [0.05, 0.1) is 13.2 Å². The molecule has 0 unspecified atom stereocenters. The molecule has 0 atom stereocenters. The average Bonchev–Trinajstić information content (AvgIpc) is 2.35. The second kappa shape index (κ2) is 6.61. The number of carbonyl (C=O) groups is 1. The molecule has 5 nitrogen and oxygen atoms in total. The first-order valence-electron chi connectivity index (χ1n) is 6.01. The number of carbonyl (C=O) groups excluding carboxylic acids is 1. The summed E-state index contributed by atoms with van der Waals surface area (Å²) in [6.45, 7) is 12.3. The first-order valence-corrected chi connectivity index (χ1v) is 6.01. The van der Waals surface area contributed by atoms with Crippen LogP contribution >= 0.6 is 0 Å². The molecule has 1 heterocycles. The normalized spacial score (nSPS) is 17.5. The van der Waals surface area contributed by atoms with E-state index in [1.165, 1.54) is 0 Å². The summed E-state index contributed by atoms with van der Waals surface area (Å²) in [7, 11) is 0. The maximum Gasteiger partial charge on any atom is 0.315 e. The van der Waals surface area contributed by atoms with Gasteiger partial charge >= 0.3 is 6.03 Å². The Labute approximate surface area is 103 Å². The standard InChI is InChI=1S/C12H23N3O2/c1-4-5-13-11(16)14-10-12(2,3)15-6-8-17-9-7-15/h4H,1,5-10H2,2-3H3,(H2,13,14,16). The van der Waals surface area contributed by atoms with Crippen LogP contribution in [0.1, 0.15) is 13.8 Å². The monoisotopic (exact) mass is 241 g/mol. The predicted octanol–water partition coefficient (Wildman–Crippen LogP) is 0.582. The van der Waals surface area contributed by atoms with Crippen molar-refractivity contribution in [3.05, 3.63) is 12.7 Å². The van der Waals surface area contributed by atoms with Gasteiger partial charge in [0.1, 0.15) is 0 Å². The molecule has 0 aromatic rings. The van der Waals surface area contributed by atoms with Crippen LogP contribution in [0.5, 0.6) is 0 Å². The summed E-state index contributed by atoms with van der Waals surface area (Å²) in [6, 6.07) is -0.147. The van der Waals surface area contributed by atoms with Crippen molar-refractivity contribution in [2.45, 2.75) is 19.4 Å². The van der Waals surface area contributed by atoms with Gasteiger partial charge in [0.2, 0.25) is 0 Å². The minimum Gasteiger partial charge on any atom is -0.379 e. The second-order valence-corrected chi connectivity index (χ2v) is 4.76. The van der Waals surface area contributed by atoms with Crippen LogP contribution < -0.4 is 10.6 Å². The van der Waals surface area contributed by atoms with E-state index in [4.69, 9.17) is 4.74 Å². The van der Waals surface area contributed by atoms with E-state index in [1.807, 2.05) is 0 Å². The first kappa shape index (κ1) is 14.0. The number of morpholine rings is 1. The maximum absolute atomic E-state index is 11.4. The van der Waals surface area contributed by atoms with E-state index in [1.54, 1.807) is 6.08 Å². The lowest BCUT2D eigenvalue weighted by Gasteiger charge is -2.40. The van der Waals surface area contributed by atoms with Gasteiger partial charge in [-0.15, -0.1) is 6.58 Å². The molecule has 17 heavy (non-hydrogen) atoms. The average molecular weight is 241 g/mol. The second-order valence-electron chi connectivity index (χ2n) is 4.76. The van der Waals surface area contributed by atoms with Gasteiger partial charge in [-0.1, -0.05) is 6.08 Å². The Morgan fingerprint density at radius 2 is 2.06 bits per heavy atom. The fraction of sp³-hybridized carbons (Fsp3) is 0.750. The number of nitrogens with one attached hydrogen (secondary N) is 2. The van der Waals surface area contributed by atoms with Crippen molar-refractivity contribution in [3.63, 3.8) is 0 Å². The third-order valence-corrected chi connectivity index (χ3v) is 2.96. The zero-order valence-electron chi connectivity index (χ0n) is 10.8. The van der Waals surface area contributed by atoms with Crippen LogP contribution in [-0.2, 0) is 4.74 Å². The highest BCUT2D eigenvalue weighted by molar-refractivity contribution is 5.74. The topological polar surface area (TPSA) is 53.6 Å². The number of nitrogens with zero attached hydrogens (tertiary/aromatic N) is 1. The molecule has 1 rings (SSSR count). The predicted molar refractivity (Wildman–Crippen MR) is 68.1 cm³/mol. The van der Waals surface area contributed by atoms with E-state index in [0.29, 0.717) is 13.1 Å². The summed E-state index contributed by atoms with van der Waals surface area (Å²) in [5.74, 6) is 0. The van der Waals surface area contributed by atoms with Crippen molar-refractivity contribution < 1.29 is 9.53 Å². The van der Waals surface area contributed by atoms with E-state index in [-0.39, 0.29) is 11.6 Å². The number of rotatable bonds is 5. The zero-order valence-corrected chi connectivity index (χ0v) is 10.8. The Morgan fingerprint density at radius 1 is 1.41 bits per heavy atom. The van der Waals surface area contributed by atoms with Gasteiger partial charge in [-0.25, -0.2) is 4.79 Å². The van der Waals surface area contributed by atoms with Crippen LogP contribution in [0.25, 0.3) is 0 Å². The molecule has 2 amide bonds. The van der Waals surface area contributed by atoms with Crippen molar-refractivity contribution in [1.82, 2.24) is 15.5 Å². The SMILES string of the molecule is C=CCNC(=O)NCC(C)(C)N1CCOCC1. The third-order valence-electron chi connectivity index (χ3n) is 2.96. The van der Waals surface area contributed by atoms with Crippen molar-refractivity contribution in [3.8, 4) is 0 Å². The van der Waals surface area contributed by atoms with Gasteiger partial charge < -0.3 is 15.4 Å². The molecule has 0 radical (unpaired) electrons. The quantitative estimate of drug-likeness (QED) is 0.692. The molecule has 0 saturated carbocycles. The summed E-state index contributed by atoms with van der Waals surface area (Å²) < 4.78 is 5.32. The van der Waals surface area contributed by atoms with Crippen LogP contribution in [-0.4, -0.2) is 55.9 Å². The molecule has 1 fully saturated rings. The fourth-order valence-electron chi connectivity index (χ4n) is 1.80. The third kappa shape index (κ3) is 4.75. The smallest absolute Gasteiger partial charge is 0.315 e. The van der Waals surface area contributed by atoms with Gasteiger partial charge in [-0.2, -0.15) is 0 Å². The van der Waals surface area contributed by atoms with Crippen LogP contribution in [0, 0.1) is 0 Å². The van der Waals surface area contributed by atoms with Gasteiger partial charge in [0.25, 0.3) is 0 Å². The van der Waals surface area contributed by atoms with Crippen LogP contribution in [0.4, 0.5) is 4.79 Å². The molecule has 1 aliphatic heterocycles. The molecule has 98 valence electrons. The number of hydrogen-bond acceptors (Lipinski definition) is 3. The summed E-state index contributed by atoms with van der Waals surface area (Å²) in [6.07, 6.45) is 1.66. The highest BCUT2D eigenvalue weighted by Crippen LogP contribution is 2.14. The molecular weight excluding hydrogens is 218 g/mol. The van der Waals surface area contributed by atoms with E-state index >= 15 is 0 Å². The lowest BCUT2D eigenvalue weighted by molar-refractivity contribution is -0.00873. The van der Waals surface area contributed by atoms with Gasteiger partial charge in [0.15, 0.2) is 0 Å². The summed E-state index contributed by atoms with van der Waals surface area (Å²) >= 11 is 0. The zero-order chi connectivity index (χ0) is 12.7. The molecule has 0 aromatic carbocycles. The molecule has 5 heteroatoms. The Kier molecular flexibility index (Phi) is 5.44. The largest absolute Gasteiger partial charge is 0.379 e. The minimum atomic E-state index is -0.147. The van der Waals surface area contributed by atoms with E-state index in [2.05, 4.69) is 36.0 Å². The molecule has 1 aliphatic rings. The molecule has 2 N–H and O–H groups in total. The molecule has 0 aliphatic carbocycles. The molecular formula is C12H23N3O2. The summed E-state index contributed by atoms with van der Waals surface area (Å²) in [5.41, 5.74) is -0.0463. The fourth-order valence-corrected chi connectivity index (χ4v) is 1.80. The molecule has 0 bridgehead atoms. The lowest BCUT2D eigenvalue weighted by atomic mass is 10.0. The lowest BCUT2D eigenvalue weighted by Crippen LogP contribution is -2.56. The summed E-state index contributed by atoms with van der Waals surface area (Å²) in [4.78, 5) is 13.8. The molecule has 1 saturated heterocycles. The van der Waals surface area contributed by atoms with Crippen LogP contribution in [0.2, 0.25) is 0 Å².